The van der Waals surface area contributed by atoms with Crippen LogP contribution in [0.3, 0.4) is 0 Å². The highest BCUT2D eigenvalue weighted by atomic mass is 35.5. The first-order valence-corrected chi connectivity index (χ1v) is 7.60. The third-order valence-corrected chi connectivity index (χ3v) is 5.30. The molecule has 20 heavy (non-hydrogen) atoms. The molecule has 1 aromatic carbocycles. The van der Waals surface area contributed by atoms with Crippen molar-refractivity contribution in [2.24, 2.45) is 11.3 Å². The third kappa shape index (κ3) is 2.23. The van der Waals surface area contributed by atoms with Gasteiger partial charge in [0, 0.05) is 24.7 Å². The van der Waals surface area contributed by atoms with Gasteiger partial charge in [-0.2, -0.15) is 0 Å². The summed E-state index contributed by atoms with van der Waals surface area (Å²) < 4.78 is 0. The van der Waals surface area contributed by atoms with Gasteiger partial charge in [-0.05, 0) is 48.9 Å². The molecule has 1 N–H and O–H groups in total. The van der Waals surface area contributed by atoms with Crippen LogP contribution < -0.4 is 0 Å². The maximum Gasteiger partial charge on any atom is 0.311 e. The predicted molar refractivity (Wildman–Crippen MR) is 78.9 cm³/mol. The molecule has 2 aliphatic rings. The molecule has 0 unspecified atom stereocenters. The van der Waals surface area contributed by atoms with Crippen molar-refractivity contribution < 1.29 is 9.90 Å². The van der Waals surface area contributed by atoms with Gasteiger partial charge in [-0.3, -0.25) is 9.69 Å². The van der Waals surface area contributed by atoms with E-state index < -0.39 is 11.4 Å². The fourth-order valence-electron chi connectivity index (χ4n) is 3.94. The van der Waals surface area contributed by atoms with Crippen molar-refractivity contribution in [1.29, 1.82) is 0 Å². The molecule has 0 spiro atoms. The maximum absolute atomic E-state index is 11.7. The molecule has 3 nitrogen and oxygen atoms in total. The lowest BCUT2D eigenvalue weighted by atomic mass is 9.81. The van der Waals surface area contributed by atoms with Gasteiger partial charge in [0.25, 0.3) is 0 Å². The van der Waals surface area contributed by atoms with Crippen LogP contribution in [0.4, 0.5) is 0 Å². The fourth-order valence-corrected chi connectivity index (χ4v) is 4.17. The zero-order chi connectivity index (χ0) is 14.3. The largest absolute Gasteiger partial charge is 0.481 e. The Morgan fingerprint density at radius 1 is 1.55 bits per heavy atom. The number of carbonyl (C=O) groups is 1. The molecule has 4 heteroatoms. The van der Waals surface area contributed by atoms with Crippen LogP contribution in [0.2, 0.25) is 5.02 Å². The fraction of sp³-hybridized carbons (Fsp3) is 0.562. The number of likely N-dealkylation sites (tertiary alicyclic amines) is 1. The molecule has 1 saturated carbocycles. The summed E-state index contributed by atoms with van der Waals surface area (Å²) in [4.78, 5) is 14.0. The number of aryl methyl sites for hydroxylation is 1. The lowest BCUT2D eigenvalue weighted by Crippen LogP contribution is -2.35. The summed E-state index contributed by atoms with van der Waals surface area (Å²) in [6.07, 6.45) is 2.95. The first kappa shape index (κ1) is 13.9. The molecule has 108 valence electrons. The molecule has 0 aromatic heterocycles. The van der Waals surface area contributed by atoms with Crippen molar-refractivity contribution in [3.8, 4) is 0 Å². The lowest BCUT2D eigenvalue weighted by Gasteiger charge is -2.23. The molecule has 1 aliphatic carbocycles. The number of halogens is 1. The normalized spacial score (nSPS) is 29.6. The quantitative estimate of drug-likeness (QED) is 0.929. The average molecular weight is 294 g/mol. The van der Waals surface area contributed by atoms with Crippen molar-refractivity contribution in [3.63, 3.8) is 0 Å². The summed E-state index contributed by atoms with van der Waals surface area (Å²) in [7, 11) is 0. The number of carboxylic acids is 1. The molecule has 0 bridgehead atoms. The molecule has 2 atom stereocenters. The van der Waals surface area contributed by atoms with Gasteiger partial charge in [0.15, 0.2) is 0 Å². The lowest BCUT2D eigenvalue weighted by molar-refractivity contribution is -0.149. The summed E-state index contributed by atoms with van der Waals surface area (Å²) in [5, 5.41) is 10.4. The van der Waals surface area contributed by atoms with E-state index >= 15 is 0 Å². The summed E-state index contributed by atoms with van der Waals surface area (Å²) in [6.45, 7) is 4.49. The summed E-state index contributed by atoms with van der Waals surface area (Å²) in [5.41, 5.74) is 1.94. The van der Waals surface area contributed by atoms with Gasteiger partial charge in [-0.15, -0.1) is 0 Å². The van der Waals surface area contributed by atoms with E-state index in [0.717, 1.165) is 37.4 Å². The Balaban J connectivity index is 1.76. The zero-order valence-corrected chi connectivity index (χ0v) is 12.5. The van der Waals surface area contributed by atoms with Gasteiger partial charge in [0.2, 0.25) is 0 Å². The minimum Gasteiger partial charge on any atom is -0.481 e. The minimum atomic E-state index is -0.602. The van der Waals surface area contributed by atoms with Crippen LogP contribution in [-0.2, 0) is 11.3 Å². The number of carboxylic acid groups (broad SMARTS) is 1. The van der Waals surface area contributed by atoms with Crippen molar-refractivity contribution in [2.45, 2.75) is 32.7 Å². The second-order valence-electron chi connectivity index (χ2n) is 6.29. The number of hydrogen-bond donors (Lipinski definition) is 1. The molecule has 1 saturated heterocycles. The Morgan fingerprint density at radius 2 is 2.35 bits per heavy atom. The molecule has 0 amide bonds. The van der Waals surface area contributed by atoms with E-state index in [4.69, 9.17) is 11.6 Å². The number of rotatable bonds is 3. The second-order valence-corrected chi connectivity index (χ2v) is 6.73. The number of benzene rings is 1. The molecular formula is C16H20ClNO2. The van der Waals surface area contributed by atoms with Crippen LogP contribution >= 0.6 is 11.6 Å². The Hall–Kier alpha value is -1.06. The summed E-state index contributed by atoms with van der Waals surface area (Å²) in [6, 6.07) is 5.94. The van der Waals surface area contributed by atoms with Crippen molar-refractivity contribution in [2.75, 3.05) is 13.1 Å². The third-order valence-electron chi connectivity index (χ3n) is 5.07. The molecule has 1 heterocycles. The SMILES string of the molecule is Cc1cc(Cl)ccc1CN1C[C@@H]2CCC[C@@]2(C(=O)O)C1. The Labute approximate surface area is 124 Å². The number of fused-ring (bicyclic) bond motifs is 1. The molecule has 1 aliphatic heterocycles. The van der Waals surface area contributed by atoms with E-state index in [1.165, 1.54) is 11.1 Å². The van der Waals surface area contributed by atoms with Crippen molar-refractivity contribution in [3.05, 3.63) is 34.3 Å². The van der Waals surface area contributed by atoms with Crippen molar-refractivity contribution >= 4 is 17.6 Å². The highest BCUT2D eigenvalue weighted by Gasteiger charge is 2.54. The van der Waals surface area contributed by atoms with Crippen LogP contribution in [0.1, 0.15) is 30.4 Å². The standard InChI is InChI=1S/C16H20ClNO2/c1-11-7-14(17)5-4-12(11)8-18-9-13-3-2-6-16(13,10-18)15(19)20/h4-5,7,13H,2-3,6,8-10H2,1H3,(H,19,20)/t13-,16+/m0/s1. The second kappa shape index (κ2) is 5.05. The topological polar surface area (TPSA) is 40.5 Å². The van der Waals surface area contributed by atoms with Crippen LogP contribution in [0.15, 0.2) is 18.2 Å². The van der Waals surface area contributed by atoms with Gasteiger partial charge in [0.05, 0.1) is 5.41 Å². The first-order chi connectivity index (χ1) is 9.51. The van der Waals surface area contributed by atoms with Gasteiger partial charge < -0.3 is 5.11 Å². The van der Waals surface area contributed by atoms with Gasteiger partial charge in [0.1, 0.15) is 0 Å². The van der Waals surface area contributed by atoms with E-state index in [1.54, 1.807) is 0 Å². The van der Waals surface area contributed by atoms with E-state index in [2.05, 4.69) is 17.9 Å². The van der Waals surface area contributed by atoms with Gasteiger partial charge in [-0.25, -0.2) is 0 Å². The smallest absolute Gasteiger partial charge is 0.311 e. The van der Waals surface area contributed by atoms with Gasteiger partial charge in [-0.1, -0.05) is 24.1 Å². The molecular weight excluding hydrogens is 274 g/mol. The highest BCUT2D eigenvalue weighted by Crippen LogP contribution is 2.49. The van der Waals surface area contributed by atoms with Crippen LogP contribution in [0.5, 0.6) is 0 Å². The minimum absolute atomic E-state index is 0.326. The number of nitrogens with zero attached hydrogens (tertiary/aromatic N) is 1. The summed E-state index contributed by atoms with van der Waals surface area (Å²) in [5.74, 6) is -0.275. The van der Waals surface area contributed by atoms with E-state index in [0.29, 0.717) is 12.5 Å². The summed E-state index contributed by atoms with van der Waals surface area (Å²) >= 11 is 5.98. The Morgan fingerprint density at radius 3 is 3.00 bits per heavy atom. The van der Waals surface area contributed by atoms with Crippen molar-refractivity contribution in [1.82, 2.24) is 4.90 Å². The highest BCUT2D eigenvalue weighted by molar-refractivity contribution is 6.30. The monoisotopic (exact) mass is 293 g/mol. The maximum atomic E-state index is 11.7. The van der Waals surface area contributed by atoms with Crippen LogP contribution in [0.25, 0.3) is 0 Å². The zero-order valence-electron chi connectivity index (χ0n) is 11.7. The number of hydrogen-bond acceptors (Lipinski definition) is 2. The van der Waals surface area contributed by atoms with Crippen LogP contribution in [0, 0.1) is 18.3 Å². The first-order valence-electron chi connectivity index (χ1n) is 7.22. The predicted octanol–water partition coefficient (Wildman–Crippen LogP) is 3.34. The average Bonchev–Trinajstić information content (AvgIpc) is 2.90. The molecule has 2 fully saturated rings. The molecule has 3 rings (SSSR count). The van der Waals surface area contributed by atoms with E-state index in [-0.39, 0.29) is 0 Å². The van der Waals surface area contributed by atoms with Crippen LogP contribution in [-0.4, -0.2) is 29.1 Å². The number of aliphatic carboxylic acids is 1. The molecule has 0 radical (unpaired) electrons. The Kier molecular flexibility index (Phi) is 3.51. The van der Waals surface area contributed by atoms with Gasteiger partial charge >= 0.3 is 5.97 Å². The molecule has 1 aromatic rings. The van der Waals surface area contributed by atoms with E-state index in [1.807, 2.05) is 12.1 Å². The van der Waals surface area contributed by atoms with E-state index in [9.17, 15) is 9.90 Å². The Bertz CT molecular complexity index is 545.